The molecule has 2 aromatic rings. The molecule has 1 aliphatic heterocycles. The maximum atomic E-state index is 10.8. The predicted octanol–water partition coefficient (Wildman–Crippen LogP) is 2.76. The van der Waals surface area contributed by atoms with Crippen LogP contribution in [0.3, 0.4) is 0 Å². The van der Waals surface area contributed by atoms with Crippen molar-refractivity contribution in [3.05, 3.63) is 59.1 Å². The van der Waals surface area contributed by atoms with Crippen molar-refractivity contribution >= 4 is 53.1 Å². The van der Waals surface area contributed by atoms with Gasteiger partial charge in [0.05, 0.1) is 0 Å². The van der Waals surface area contributed by atoms with Gasteiger partial charge in [-0.3, -0.25) is 9.79 Å². The van der Waals surface area contributed by atoms with E-state index in [1.165, 1.54) is 5.56 Å². The Balaban J connectivity index is 0.00000341. The minimum atomic E-state index is -0.483. The number of carbonyl (C=O) groups is 1. The number of amides is 1. The lowest BCUT2D eigenvalue weighted by Gasteiger charge is -2.37. The largest absolute Gasteiger partial charge is 0.484 e. The fourth-order valence-electron chi connectivity index (χ4n) is 3.41. The van der Waals surface area contributed by atoms with Gasteiger partial charge in [0.25, 0.3) is 5.91 Å². The first-order valence-corrected chi connectivity index (χ1v) is 10.4. The van der Waals surface area contributed by atoms with Crippen LogP contribution in [0, 0.1) is 0 Å². The van der Waals surface area contributed by atoms with Crippen LogP contribution in [-0.4, -0.2) is 63.1 Å². The average molecular weight is 558 g/mol. The molecule has 7 nitrogen and oxygen atoms in total. The molecule has 0 radical (unpaired) electrons. The highest BCUT2D eigenvalue weighted by atomic mass is 127. The van der Waals surface area contributed by atoms with Gasteiger partial charge in [0, 0.05) is 50.5 Å². The number of nitrogens with one attached hydrogen (secondary N) is 1. The third-order valence-corrected chi connectivity index (χ3v) is 5.20. The molecule has 1 amide bonds. The van der Waals surface area contributed by atoms with E-state index in [4.69, 9.17) is 22.1 Å². The fourth-order valence-corrected chi connectivity index (χ4v) is 3.59. The molecule has 168 valence electrons. The molecule has 2 aromatic carbocycles. The second kappa shape index (κ2) is 12.6. The summed E-state index contributed by atoms with van der Waals surface area (Å²) in [6.45, 7) is 4.32. The van der Waals surface area contributed by atoms with Crippen LogP contribution in [0.15, 0.2) is 53.5 Å². The predicted molar refractivity (Wildman–Crippen MR) is 137 cm³/mol. The number of halogens is 2. The van der Waals surface area contributed by atoms with E-state index < -0.39 is 5.91 Å². The van der Waals surface area contributed by atoms with Crippen molar-refractivity contribution in [2.75, 3.05) is 51.3 Å². The summed E-state index contributed by atoms with van der Waals surface area (Å²) in [4.78, 5) is 19.8. The van der Waals surface area contributed by atoms with Gasteiger partial charge in [0.15, 0.2) is 12.6 Å². The molecular formula is C22H29ClIN5O2. The van der Waals surface area contributed by atoms with Crippen molar-refractivity contribution in [1.29, 1.82) is 0 Å². The summed E-state index contributed by atoms with van der Waals surface area (Å²) >= 11 is 6.12. The zero-order valence-electron chi connectivity index (χ0n) is 17.6. The maximum Gasteiger partial charge on any atom is 0.255 e. The number of carbonyl (C=O) groups excluding carboxylic acids is 1. The number of benzene rings is 2. The molecule has 31 heavy (non-hydrogen) atoms. The molecule has 1 fully saturated rings. The van der Waals surface area contributed by atoms with Gasteiger partial charge in [-0.05, 0) is 42.3 Å². The summed E-state index contributed by atoms with van der Waals surface area (Å²) in [6.07, 6.45) is 0.859. The Bertz CT molecular complexity index is 870. The number of ether oxygens (including phenoxy) is 1. The van der Waals surface area contributed by atoms with Crippen LogP contribution in [0.25, 0.3) is 0 Å². The molecule has 0 aromatic heterocycles. The minimum Gasteiger partial charge on any atom is -0.484 e. The average Bonchev–Trinajstić information content (AvgIpc) is 2.76. The first-order chi connectivity index (χ1) is 14.5. The van der Waals surface area contributed by atoms with E-state index >= 15 is 0 Å². The van der Waals surface area contributed by atoms with E-state index in [0.29, 0.717) is 5.75 Å². The highest BCUT2D eigenvalue weighted by molar-refractivity contribution is 14.0. The molecule has 0 atom stereocenters. The molecular weight excluding hydrogens is 529 g/mol. The van der Waals surface area contributed by atoms with E-state index in [0.717, 1.165) is 55.8 Å². The van der Waals surface area contributed by atoms with Crippen molar-refractivity contribution in [1.82, 2.24) is 10.2 Å². The Morgan fingerprint density at radius 2 is 1.87 bits per heavy atom. The molecule has 0 aliphatic carbocycles. The second-order valence-electron chi connectivity index (χ2n) is 7.08. The van der Waals surface area contributed by atoms with Crippen LogP contribution < -0.4 is 20.7 Å². The molecule has 1 saturated heterocycles. The fraction of sp³-hybridized carbons (Fsp3) is 0.364. The Hall–Kier alpha value is -2.20. The van der Waals surface area contributed by atoms with Crippen LogP contribution in [0.2, 0.25) is 5.02 Å². The quantitative estimate of drug-likeness (QED) is 0.311. The van der Waals surface area contributed by atoms with Gasteiger partial charge < -0.3 is 25.6 Å². The number of aliphatic imine (C=N–C) groups is 1. The van der Waals surface area contributed by atoms with Crippen LogP contribution in [0.5, 0.6) is 5.75 Å². The van der Waals surface area contributed by atoms with Crippen molar-refractivity contribution in [3.8, 4) is 5.75 Å². The smallest absolute Gasteiger partial charge is 0.255 e. The highest BCUT2D eigenvalue weighted by Gasteiger charge is 2.19. The van der Waals surface area contributed by atoms with Crippen molar-refractivity contribution < 1.29 is 9.53 Å². The number of primary amides is 1. The normalized spacial score (nSPS) is 14.1. The standard InChI is InChI=1S/C22H28ClN5O2.HI/c1-25-22(26-10-9-17-5-7-20(8-6-17)30-16-21(24)29)28-13-11-27(12-14-28)19-4-2-3-18(23)15-19;/h2-8,15H,9-14,16H2,1H3,(H2,24,29)(H,25,26);1H. The summed E-state index contributed by atoms with van der Waals surface area (Å²) in [7, 11) is 1.82. The van der Waals surface area contributed by atoms with Crippen molar-refractivity contribution in [2.45, 2.75) is 6.42 Å². The molecule has 0 bridgehead atoms. The molecule has 9 heteroatoms. The third kappa shape index (κ3) is 7.77. The molecule has 0 saturated carbocycles. The third-order valence-electron chi connectivity index (χ3n) is 4.97. The van der Waals surface area contributed by atoms with Gasteiger partial charge in [-0.2, -0.15) is 0 Å². The topological polar surface area (TPSA) is 83.2 Å². The minimum absolute atomic E-state index is 0. The van der Waals surface area contributed by atoms with Crippen molar-refractivity contribution in [2.24, 2.45) is 10.7 Å². The van der Waals surface area contributed by atoms with E-state index in [9.17, 15) is 4.79 Å². The summed E-state index contributed by atoms with van der Waals surface area (Å²) in [5, 5.41) is 4.21. The Morgan fingerprint density at radius 3 is 2.48 bits per heavy atom. The van der Waals surface area contributed by atoms with Gasteiger partial charge >= 0.3 is 0 Å². The van der Waals surface area contributed by atoms with Crippen LogP contribution in [0.4, 0.5) is 5.69 Å². The first kappa shape index (κ1) is 25.1. The number of nitrogens with two attached hydrogens (primary N) is 1. The Labute approximate surface area is 205 Å². The molecule has 1 aliphatic rings. The first-order valence-electron chi connectivity index (χ1n) is 10.0. The summed E-state index contributed by atoms with van der Waals surface area (Å²) in [5.41, 5.74) is 7.42. The van der Waals surface area contributed by atoms with Gasteiger partial charge in [-0.1, -0.05) is 29.8 Å². The van der Waals surface area contributed by atoms with Crippen LogP contribution in [-0.2, 0) is 11.2 Å². The Morgan fingerprint density at radius 1 is 1.16 bits per heavy atom. The number of nitrogens with zero attached hydrogens (tertiary/aromatic N) is 3. The summed E-state index contributed by atoms with van der Waals surface area (Å²) in [6, 6.07) is 15.7. The summed E-state index contributed by atoms with van der Waals surface area (Å²) in [5.74, 6) is 1.07. The SMILES string of the molecule is CN=C(NCCc1ccc(OCC(N)=O)cc1)N1CCN(c2cccc(Cl)c2)CC1.I. The second-order valence-corrected chi connectivity index (χ2v) is 7.51. The lowest BCUT2D eigenvalue weighted by atomic mass is 10.1. The summed E-state index contributed by atoms with van der Waals surface area (Å²) < 4.78 is 5.28. The van der Waals surface area contributed by atoms with E-state index in [2.05, 4.69) is 26.2 Å². The number of anilines is 1. The zero-order valence-corrected chi connectivity index (χ0v) is 20.7. The molecule has 3 N–H and O–H groups in total. The number of hydrogen-bond donors (Lipinski definition) is 2. The number of piperazine rings is 1. The highest BCUT2D eigenvalue weighted by Crippen LogP contribution is 2.20. The zero-order chi connectivity index (χ0) is 21.3. The van der Waals surface area contributed by atoms with E-state index in [1.54, 1.807) is 0 Å². The van der Waals surface area contributed by atoms with E-state index in [-0.39, 0.29) is 30.6 Å². The number of guanidine groups is 1. The molecule has 0 spiro atoms. The number of hydrogen-bond acceptors (Lipinski definition) is 4. The van der Waals surface area contributed by atoms with E-state index in [1.807, 2.05) is 49.5 Å². The maximum absolute atomic E-state index is 10.8. The lowest BCUT2D eigenvalue weighted by molar-refractivity contribution is -0.119. The van der Waals surface area contributed by atoms with Crippen LogP contribution >= 0.6 is 35.6 Å². The lowest BCUT2D eigenvalue weighted by Crippen LogP contribution is -2.52. The molecule has 3 rings (SSSR count). The molecule has 1 heterocycles. The van der Waals surface area contributed by atoms with Gasteiger partial charge in [-0.15, -0.1) is 24.0 Å². The van der Waals surface area contributed by atoms with Gasteiger partial charge in [0.2, 0.25) is 0 Å². The van der Waals surface area contributed by atoms with Gasteiger partial charge in [-0.25, -0.2) is 0 Å². The monoisotopic (exact) mass is 557 g/mol. The number of rotatable bonds is 7. The van der Waals surface area contributed by atoms with Crippen LogP contribution in [0.1, 0.15) is 5.56 Å². The van der Waals surface area contributed by atoms with Crippen molar-refractivity contribution in [3.63, 3.8) is 0 Å². The molecule has 0 unspecified atom stereocenters. The van der Waals surface area contributed by atoms with Gasteiger partial charge in [0.1, 0.15) is 5.75 Å². The Kier molecular flexibility index (Phi) is 10.2.